The minimum Gasteiger partial charge on any atom is -0.298 e. The Morgan fingerprint density at radius 1 is 0.929 bits per heavy atom. The molecule has 5 nitrogen and oxygen atoms in total. The Bertz CT molecular complexity index is 1320. The number of pyridine rings is 1. The summed E-state index contributed by atoms with van der Waals surface area (Å²) in [5.74, 6) is 0. The van der Waals surface area contributed by atoms with Crippen LogP contribution in [0.1, 0.15) is 16.1 Å². The van der Waals surface area contributed by atoms with Crippen LogP contribution in [-0.2, 0) is 0 Å². The van der Waals surface area contributed by atoms with E-state index in [1.165, 1.54) is 0 Å². The summed E-state index contributed by atoms with van der Waals surface area (Å²) in [5.41, 5.74) is 6.93. The molecule has 3 aromatic heterocycles. The molecule has 2 aromatic carbocycles. The number of hydrogen-bond donors (Lipinski definition) is 0. The van der Waals surface area contributed by atoms with E-state index in [1.807, 2.05) is 61.7 Å². The highest BCUT2D eigenvalue weighted by atomic mass is 16.1. The minimum atomic E-state index is 0.639. The number of carbonyl (C=O) groups excluding carboxylic acids is 1. The van der Waals surface area contributed by atoms with Gasteiger partial charge in [0.05, 0.1) is 11.4 Å². The third kappa shape index (κ3) is 2.65. The summed E-state index contributed by atoms with van der Waals surface area (Å²) in [7, 11) is 0. The summed E-state index contributed by atoms with van der Waals surface area (Å²) in [4.78, 5) is 20.5. The lowest BCUT2D eigenvalue weighted by molar-refractivity contribution is 0.112. The van der Waals surface area contributed by atoms with Crippen LogP contribution in [0.25, 0.3) is 39.1 Å². The molecule has 0 N–H and O–H groups in total. The molecule has 28 heavy (non-hydrogen) atoms. The van der Waals surface area contributed by atoms with Crippen LogP contribution in [0.3, 0.4) is 0 Å². The Hall–Kier alpha value is -3.86. The monoisotopic (exact) mass is 364 g/mol. The molecule has 0 unspecified atom stereocenters. The standard InChI is InChI=1S/C23H16N4O/c1-15-11-21-24-13-19-12-20(17-5-3-2-4-6-17)22(25-23(19)27(21)26-15)18-9-7-16(14-28)8-10-18/h2-14H,1H3. The summed E-state index contributed by atoms with van der Waals surface area (Å²) in [5, 5.41) is 5.47. The quantitative estimate of drug-likeness (QED) is 0.434. The van der Waals surface area contributed by atoms with E-state index in [2.05, 4.69) is 28.3 Å². The molecule has 0 saturated heterocycles. The molecule has 0 aliphatic heterocycles. The Labute approximate surface area is 161 Å². The zero-order valence-electron chi connectivity index (χ0n) is 15.2. The van der Waals surface area contributed by atoms with Crippen molar-refractivity contribution in [1.82, 2.24) is 19.6 Å². The number of fused-ring (bicyclic) bond motifs is 3. The maximum atomic E-state index is 11.0. The lowest BCUT2D eigenvalue weighted by atomic mass is 9.98. The van der Waals surface area contributed by atoms with Crippen LogP contribution in [0.2, 0.25) is 0 Å². The van der Waals surface area contributed by atoms with Gasteiger partial charge >= 0.3 is 0 Å². The summed E-state index contributed by atoms with van der Waals surface area (Å²) >= 11 is 0. The van der Waals surface area contributed by atoms with Crippen molar-refractivity contribution in [3.8, 4) is 22.4 Å². The van der Waals surface area contributed by atoms with Gasteiger partial charge in [-0.3, -0.25) is 4.79 Å². The predicted octanol–water partition coefficient (Wildman–Crippen LogP) is 4.73. The molecule has 134 valence electrons. The first-order chi connectivity index (χ1) is 13.7. The molecule has 0 aliphatic rings. The number of aromatic nitrogens is 4. The average Bonchev–Trinajstić information content (AvgIpc) is 3.14. The highest BCUT2D eigenvalue weighted by Crippen LogP contribution is 2.33. The van der Waals surface area contributed by atoms with Crippen molar-refractivity contribution in [2.75, 3.05) is 0 Å². The molecule has 0 atom stereocenters. The third-order valence-electron chi connectivity index (χ3n) is 4.79. The van der Waals surface area contributed by atoms with Gasteiger partial charge in [-0.05, 0) is 18.6 Å². The zero-order valence-corrected chi connectivity index (χ0v) is 15.2. The second kappa shape index (κ2) is 6.39. The van der Waals surface area contributed by atoms with E-state index in [0.29, 0.717) is 5.56 Å². The third-order valence-corrected chi connectivity index (χ3v) is 4.79. The number of nitrogens with zero attached hydrogens (tertiary/aromatic N) is 4. The van der Waals surface area contributed by atoms with Crippen molar-refractivity contribution in [3.63, 3.8) is 0 Å². The van der Waals surface area contributed by atoms with Crippen LogP contribution < -0.4 is 0 Å². The van der Waals surface area contributed by atoms with Gasteiger partial charge in [0.1, 0.15) is 6.29 Å². The molecule has 5 heteroatoms. The minimum absolute atomic E-state index is 0.639. The second-order valence-corrected chi connectivity index (χ2v) is 6.72. The van der Waals surface area contributed by atoms with E-state index < -0.39 is 0 Å². The SMILES string of the molecule is Cc1cc2ncc3cc(-c4ccccc4)c(-c4ccc(C=O)cc4)nc3n2n1. The van der Waals surface area contributed by atoms with Gasteiger partial charge in [0.25, 0.3) is 0 Å². The Morgan fingerprint density at radius 2 is 1.71 bits per heavy atom. The fourth-order valence-electron chi connectivity index (χ4n) is 3.43. The Kier molecular flexibility index (Phi) is 3.72. The fourth-order valence-corrected chi connectivity index (χ4v) is 3.43. The van der Waals surface area contributed by atoms with E-state index >= 15 is 0 Å². The topological polar surface area (TPSA) is 60.2 Å². The summed E-state index contributed by atoms with van der Waals surface area (Å²) in [6.07, 6.45) is 2.68. The van der Waals surface area contributed by atoms with Crippen molar-refractivity contribution in [3.05, 3.63) is 84.2 Å². The molecule has 0 fully saturated rings. The number of carbonyl (C=O) groups is 1. The smallest absolute Gasteiger partial charge is 0.165 e. The van der Waals surface area contributed by atoms with Gasteiger partial charge in [-0.15, -0.1) is 0 Å². The highest BCUT2D eigenvalue weighted by molar-refractivity contribution is 5.91. The van der Waals surface area contributed by atoms with E-state index in [-0.39, 0.29) is 0 Å². The average molecular weight is 364 g/mol. The molecule has 0 bridgehead atoms. The first-order valence-electron chi connectivity index (χ1n) is 9.00. The number of aryl methyl sites for hydroxylation is 1. The van der Waals surface area contributed by atoms with E-state index in [0.717, 1.165) is 51.0 Å². The highest BCUT2D eigenvalue weighted by Gasteiger charge is 2.14. The zero-order chi connectivity index (χ0) is 19.1. The van der Waals surface area contributed by atoms with Crippen LogP contribution >= 0.6 is 0 Å². The summed E-state index contributed by atoms with van der Waals surface area (Å²) in [6.45, 7) is 1.94. The Balaban J connectivity index is 1.85. The maximum absolute atomic E-state index is 11.0. The largest absolute Gasteiger partial charge is 0.298 e. The van der Waals surface area contributed by atoms with Crippen molar-refractivity contribution in [2.45, 2.75) is 6.92 Å². The molecule has 5 rings (SSSR count). The van der Waals surface area contributed by atoms with E-state index in [4.69, 9.17) is 4.98 Å². The molecule has 0 spiro atoms. The van der Waals surface area contributed by atoms with Gasteiger partial charge < -0.3 is 0 Å². The van der Waals surface area contributed by atoms with Gasteiger partial charge in [0.2, 0.25) is 0 Å². The van der Waals surface area contributed by atoms with E-state index in [1.54, 1.807) is 4.52 Å². The molecule has 5 aromatic rings. The fraction of sp³-hybridized carbons (Fsp3) is 0.0435. The number of hydrogen-bond acceptors (Lipinski definition) is 4. The van der Waals surface area contributed by atoms with E-state index in [9.17, 15) is 4.79 Å². The molecular formula is C23H16N4O. The molecule has 0 saturated carbocycles. The van der Waals surface area contributed by atoms with Crippen LogP contribution in [0.4, 0.5) is 0 Å². The lowest BCUT2D eigenvalue weighted by Gasteiger charge is -2.12. The van der Waals surface area contributed by atoms with Gasteiger partial charge in [-0.1, -0.05) is 54.6 Å². The van der Waals surface area contributed by atoms with Crippen molar-refractivity contribution >= 4 is 23.0 Å². The summed E-state index contributed by atoms with van der Waals surface area (Å²) < 4.78 is 1.78. The van der Waals surface area contributed by atoms with Crippen molar-refractivity contribution in [2.24, 2.45) is 0 Å². The van der Waals surface area contributed by atoms with Crippen molar-refractivity contribution in [1.29, 1.82) is 0 Å². The molecule has 0 aliphatic carbocycles. The van der Waals surface area contributed by atoms with Gasteiger partial charge in [-0.25, -0.2) is 9.97 Å². The number of aldehydes is 1. The van der Waals surface area contributed by atoms with Crippen LogP contribution in [0.15, 0.2) is 72.9 Å². The van der Waals surface area contributed by atoms with Gasteiger partial charge in [0.15, 0.2) is 11.3 Å². The van der Waals surface area contributed by atoms with Crippen LogP contribution in [0, 0.1) is 6.92 Å². The number of benzene rings is 2. The molecule has 0 radical (unpaired) electrons. The van der Waals surface area contributed by atoms with Crippen LogP contribution in [-0.4, -0.2) is 25.9 Å². The number of rotatable bonds is 3. The Morgan fingerprint density at radius 3 is 2.46 bits per heavy atom. The first-order valence-corrected chi connectivity index (χ1v) is 9.00. The first kappa shape index (κ1) is 16.3. The maximum Gasteiger partial charge on any atom is 0.165 e. The summed E-state index contributed by atoms with van der Waals surface area (Å²) in [6, 6.07) is 21.7. The normalized spacial score (nSPS) is 11.2. The van der Waals surface area contributed by atoms with Gasteiger partial charge in [-0.2, -0.15) is 9.61 Å². The molecule has 0 amide bonds. The lowest BCUT2D eigenvalue weighted by Crippen LogP contribution is -1.99. The predicted molar refractivity (Wildman–Crippen MR) is 109 cm³/mol. The van der Waals surface area contributed by atoms with Gasteiger partial charge in [0, 0.05) is 34.3 Å². The molecular weight excluding hydrogens is 348 g/mol. The van der Waals surface area contributed by atoms with Crippen LogP contribution in [0.5, 0.6) is 0 Å². The molecule has 3 heterocycles. The second-order valence-electron chi connectivity index (χ2n) is 6.72. The van der Waals surface area contributed by atoms with Crippen molar-refractivity contribution < 1.29 is 4.79 Å².